The quantitative estimate of drug-likeness (QED) is 0.557. The van der Waals surface area contributed by atoms with Crippen molar-refractivity contribution in [2.24, 2.45) is 0 Å². The van der Waals surface area contributed by atoms with E-state index in [0.29, 0.717) is 11.3 Å². The van der Waals surface area contributed by atoms with Gasteiger partial charge in [0.05, 0.1) is 13.2 Å². The van der Waals surface area contributed by atoms with Gasteiger partial charge in [-0.25, -0.2) is 0 Å². The molecular weight excluding hydrogens is 320 g/mol. The number of aromatic nitrogens is 2. The minimum absolute atomic E-state index is 0.170. The van der Waals surface area contributed by atoms with Crippen LogP contribution in [0.25, 0.3) is 11.5 Å². The SMILES string of the molecule is COc1cccc(-c2nnc(NC(=O)c3ccc([N+](=O)[O-])o3)o2)c1. The molecule has 10 nitrogen and oxygen atoms in total. The lowest BCUT2D eigenvalue weighted by atomic mass is 10.2. The van der Waals surface area contributed by atoms with Crippen molar-refractivity contribution in [2.45, 2.75) is 0 Å². The molecule has 0 aliphatic carbocycles. The largest absolute Gasteiger partial charge is 0.497 e. The second-order valence-electron chi connectivity index (χ2n) is 4.49. The maximum Gasteiger partial charge on any atom is 0.433 e. The summed E-state index contributed by atoms with van der Waals surface area (Å²) < 4.78 is 15.2. The topological polar surface area (TPSA) is 134 Å². The van der Waals surface area contributed by atoms with Gasteiger partial charge >= 0.3 is 11.9 Å². The summed E-state index contributed by atoms with van der Waals surface area (Å²) in [6, 6.07) is 9.01. The lowest BCUT2D eigenvalue weighted by Crippen LogP contribution is -2.11. The molecule has 0 atom stereocenters. The van der Waals surface area contributed by atoms with Crippen molar-refractivity contribution in [3.63, 3.8) is 0 Å². The first-order valence-electron chi connectivity index (χ1n) is 6.60. The first-order chi connectivity index (χ1) is 11.6. The number of nitrogens with zero attached hydrogens (tertiary/aromatic N) is 3. The van der Waals surface area contributed by atoms with E-state index in [9.17, 15) is 14.9 Å². The Morgan fingerprint density at radius 1 is 1.25 bits per heavy atom. The van der Waals surface area contributed by atoms with Crippen LogP contribution >= 0.6 is 0 Å². The van der Waals surface area contributed by atoms with Crippen LogP contribution in [0.1, 0.15) is 10.6 Å². The van der Waals surface area contributed by atoms with Crippen LogP contribution in [0.5, 0.6) is 5.75 Å². The molecule has 0 radical (unpaired) electrons. The zero-order valence-corrected chi connectivity index (χ0v) is 12.3. The molecular formula is C14H10N4O6. The van der Waals surface area contributed by atoms with Crippen LogP contribution in [-0.2, 0) is 0 Å². The maximum atomic E-state index is 11.9. The summed E-state index contributed by atoms with van der Waals surface area (Å²) in [5.41, 5.74) is 0.607. The summed E-state index contributed by atoms with van der Waals surface area (Å²) in [4.78, 5) is 21.7. The van der Waals surface area contributed by atoms with E-state index < -0.39 is 16.7 Å². The Labute approximate surface area is 134 Å². The van der Waals surface area contributed by atoms with E-state index >= 15 is 0 Å². The monoisotopic (exact) mass is 330 g/mol. The van der Waals surface area contributed by atoms with E-state index in [4.69, 9.17) is 13.6 Å². The molecule has 122 valence electrons. The Morgan fingerprint density at radius 2 is 2.08 bits per heavy atom. The van der Waals surface area contributed by atoms with Gasteiger partial charge in [0, 0.05) is 5.56 Å². The Balaban J connectivity index is 1.75. The molecule has 10 heteroatoms. The molecule has 0 spiro atoms. The number of carbonyl (C=O) groups excluding carboxylic acids is 1. The molecule has 0 saturated heterocycles. The summed E-state index contributed by atoms with van der Waals surface area (Å²) in [6.45, 7) is 0. The molecule has 0 saturated carbocycles. The molecule has 3 rings (SSSR count). The number of rotatable bonds is 5. The number of hydrogen-bond acceptors (Lipinski definition) is 8. The summed E-state index contributed by atoms with van der Waals surface area (Å²) in [5, 5.41) is 20.3. The van der Waals surface area contributed by atoms with Crippen molar-refractivity contribution < 1.29 is 23.3 Å². The normalized spacial score (nSPS) is 10.4. The molecule has 0 aliphatic heterocycles. The van der Waals surface area contributed by atoms with Gasteiger partial charge in [0.15, 0.2) is 5.76 Å². The molecule has 1 N–H and O–H groups in total. The Morgan fingerprint density at radius 3 is 2.79 bits per heavy atom. The van der Waals surface area contributed by atoms with E-state index in [1.807, 2.05) is 0 Å². The van der Waals surface area contributed by atoms with Crippen molar-refractivity contribution in [2.75, 3.05) is 12.4 Å². The van der Waals surface area contributed by atoms with Crippen LogP contribution < -0.4 is 10.1 Å². The molecule has 0 unspecified atom stereocenters. The zero-order valence-electron chi connectivity index (χ0n) is 12.3. The van der Waals surface area contributed by atoms with Gasteiger partial charge < -0.3 is 13.6 Å². The predicted octanol–water partition coefficient (Wildman–Crippen LogP) is 2.50. The summed E-state index contributed by atoms with van der Waals surface area (Å²) in [7, 11) is 1.53. The van der Waals surface area contributed by atoms with Gasteiger partial charge in [0.1, 0.15) is 10.7 Å². The number of anilines is 1. The minimum atomic E-state index is -0.746. The fourth-order valence-electron chi connectivity index (χ4n) is 1.85. The highest BCUT2D eigenvalue weighted by Crippen LogP contribution is 2.24. The van der Waals surface area contributed by atoms with Gasteiger partial charge in [0.2, 0.25) is 5.89 Å². The lowest BCUT2D eigenvalue weighted by Gasteiger charge is -2.00. The molecule has 1 aromatic carbocycles. The highest BCUT2D eigenvalue weighted by molar-refractivity contribution is 6.01. The van der Waals surface area contributed by atoms with E-state index in [1.54, 1.807) is 24.3 Å². The molecule has 1 amide bonds. The number of hydrogen-bond donors (Lipinski definition) is 1. The van der Waals surface area contributed by atoms with Crippen molar-refractivity contribution in [3.8, 4) is 17.2 Å². The zero-order chi connectivity index (χ0) is 17.1. The van der Waals surface area contributed by atoms with Crippen LogP contribution in [0, 0.1) is 10.1 Å². The fraction of sp³-hybridized carbons (Fsp3) is 0.0714. The van der Waals surface area contributed by atoms with Gasteiger partial charge in [-0.3, -0.25) is 20.2 Å². The number of methoxy groups -OCH3 is 1. The fourth-order valence-corrected chi connectivity index (χ4v) is 1.85. The van der Waals surface area contributed by atoms with Crippen LogP contribution in [0.4, 0.5) is 11.9 Å². The van der Waals surface area contributed by atoms with Crippen molar-refractivity contribution >= 4 is 17.8 Å². The maximum absolute atomic E-state index is 11.9. The van der Waals surface area contributed by atoms with Crippen LogP contribution in [0.15, 0.2) is 45.2 Å². The van der Waals surface area contributed by atoms with E-state index in [0.717, 1.165) is 6.07 Å². The second-order valence-corrected chi connectivity index (χ2v) is 4.49. The molecule has 0 aliphatic rings. The standard InChI is InChI=1S/C14H10N4O6/c1-22-9-4-2-3-8(7-9)13-16-17-14(24-13)15-12(19)10-5-6-11(23-10)18(20)21/h2-7H,1H3,(H,15,17,19). The molecule has 3 aromatic rings. The van der Waals surface area contributed by atoms with E-state index in [1.165, 1.54) is 13.2 Å². The van der Waals surface area contributed by atoms with Crippen molar-refractivity contribution in [1.29, 1.82) is 0 Å². The van der Waals surface area contributed by atoms with Crippen molar-refractivity contribution in [1.82, 2.24) is 10.2 Å². The first kappa shape index (κ1) is 15.2. The number of nitro groups is 1. The van der Waals surface area contributed by atoms with E-state index in [2.05, 4.69) is 15.5 Å². The highest BCUT2D eigenvalue weighted by atomic mass is 16.6. The smallest absolute Gasteiger partial charge is 0.433 e. The molecule has 0 fully saturated rings. The van der Waals surface area contributed by atoms with Gasteiger partial charge in [-0.2, -0.15) is 0 Å². The lowest BCUT2D eigenvalue weighted by molar-refractivity contribution is -0.402. The van der Waals surface area contributed by atoms with Gasteiger partial charge in [0.25, 0.3) is 5.91 Å². The summed E-state index contributed by atoms with van der Waals surface area (Å²) in [6.07, 6.45) is 0. The number of nitrogens with one attached hydrogen (secondary N) is 1. The van der Waals surface area contributed by atoms with Crippen LogP contribution in [0.3, 0.4) is 0 Å². The Bertz CT molecular complexity index is 900. The van der Waals surface area contributed by atoms with Crippen LogP contribution in [0.2, 0.25) is 0 Å². The third kappa shape index (κ3) is 3.06. The predicted molar refractivity (Wildman–Crippen MR) is 79.6 cm³/mol. The van der Waals surface area contributed by atoms with Gasteiger partial charge in [-0.05, 0) is 24.3 Å². The molecule has 2 heterocycles. The number of furan rings is 1. The third-order valence-electron chi connectivity index (χ3n) is 2.96. The number of amides is 1. The summed E-state index contributed by atoms with van der Waals surface area (Å²) >= 11 is 0. The minimum Gasteiger partial charge on any atom is -0.497 e. The highest BCUT2D eigenvalue weighted by Gasteiger charge is 2.19. The number of benzene rings is 1. The van der Waals surface area contributed by atoms with Gasteiger partial charge in [-0.15, -0.1) is 5.10 Å². The third-order valence-corrected chi connectivity index (χ3v) is 2.96. The Kier molecular flexibility index (Phi) is 3.93. The first-order valence-corrected chi connectivity index (χ1v) is 6.60. The molecule has 2 aromatic heterocycles. The summed E-state index contributed by atoms with van der Waals surface area (Å²) in [5.74, 6) is -0.747. The average molecular weight is 330 g/mol. The van der Waals surface area contributed by atoms with Crippen molar-refractivity contribution in [3.05, 3.63) is 52.3 Å². The van der Waals surface area contributed by atoms with Crippen LogP contribution in [-0.4, -0.2) is 28.1 Å². The molecule has 24 heavy (non-hydrogen) atoms. The van der Waals surface area contributed by atoms with E-state index in [-0.39, 0.29) is 17.7 Å². The average Bonchev–Trinajstić information content (AvgIpc) is 3.24. The second kappa shape index (κ2) is 6.20. The number of ether oxygens (including phenoxy) is 1. The molecule has 0 bridgehead atoms. The number of carbonyl (C=O) groups is 1. The Hall–Kier alpha value is -3.69. The van der Waals surface area contributed by atoms with Gasteiger partial charge in [-0.1, -0.05) is 11.2 Å².